The van der Waals surface area contributed by atoms with Crippen molar-refractivity contribution in [2.75, 3.05) is 5.73 Å². The monoisotopic (exact) mass is 277 g/mol. The van der Waals surface area contributed by atoms with Crippen LogP contribution in [0.4, 0.5) is 5.69 Å². The van der Waals surface area contributed by atoms with Crippen molar-refractivity contribution in [3.8, 4) is 6.07 Å². The fraction of sp³-hybridized carbons (Fsp3) is 0.0588. The summed E-state index contributed by atoms with van der Waals surface area (Å²) >= 11 is 0. The zero-order valence-corrected chi connectivity index (χ0v) is 11.4. The number of hydrogen-bond acceptors (Lipinski definition) is 3. The van der Waals surface area contributed by atoms with Gasteiger partial charge in [0.15, 0.2) is 0 Å². The summed E-state index contributed by atoms with van der Waals surface area (Å²) in [6.45, 7) is 0.422. The average Bonchev–Trinajstić information content (AvgIpc) is 2.51. The van der Waals surface area contributed by atoms with Gasteiger partial charge in [0, 0.05) is 18.3 Å². The second-order valence-corrected chi connectivity index (χ2v) is 4.53. The summed E-state index contributed by atoms with van der Waals surface area (Å²) in [6, 6.07) is 16.4. The van der Waals surface area contributed by atoms with Gasteiger partial charge in [-0.25, -0.2) is 0 Å². The predicted octanol–water partition coefficient (Wildman–Crippen LogP) is 2.47. The Balaban J connectivity index is 1.88. The average molecular weight is 277 g/mol. The Hall–Kier alpha value is -3.06. The van der Waals surface area contributed by atoms with Gasteiger partial charge in [-0.2, -0.15) is 5.26 Å². The summed E-state index contributed by atoms with van der Waals surface area (Å²) in [4.78, 5) is 11.7. The molecule has 0 aliphatic rings. The van der Waals surface area contributed by atoms with Crippen LogP contribution < -0.4 is 11.1 Å². The molecule has 0 bridgehead atoms. The molecular formula is C17H15N3O. The highest BCUT2D eigenvalue weighted by Crippen LogP contribution is 2.08. The molecule has 0 spiro atoms. The van der Waals surface area contributed by atoms with Crippen molar-refractivity contribution in [1.82, 2.24) is 5.32 Å². The topological polar surface area (TPSA) is 78.9 Å². The third-order valence-corrected chi connectivity index (χ3v) is 2.89. The second-order valence-electron chi connectivity index (χ2n) is 4.53. The van der Waals surface area contributed by atoms with Crippen molar-refractivity contribution in [2.45, 2.75) is 6.54 Å². The van der Waals surface area contributed by atoms with Gasteiger partial charge in [0.05, 0.1) is 11.6 Å². The number of carbonyl (C=O) groups excluding carboxylic acids is 1. The normalized spacial score (nSPS) is 10.2. The third kappa shape index (κ3) is 4.51. The number of nitrogen functional groups attached to an aromatic ring is 1. The van der Waals surface area contributed by atoms with Crippen LogP contribution in [0.25, 0.3) is 6.08 Å². The van der Waals surface area contributed by atoms with E-state index in [1.165, 1.54) is 6.08 Å². The lowest BCUT2D eigenvalue weighted by Crippen LogP contribution is -2.20. The number of benzene rings is 2. The first-order valence-corrected chi connectivity index (χ1v) is 6.48. The van der Waals surface area contributed by atoms with Crippen LogP contribution in [0, 0.1) is 11.3 Å². The number of carbonyl (C=O) groups is 1. The Morgan fingerprint density at radius 3 is 2.67 bits per heavy atom. The van der Waals surface area contributed by atoms with E-state index in [0.717, 1.165) is 11.1 Å². The molecule has 0 aliphatic carbocycles. The van der Waals surface area contributed by atoms with E-state index in [9.17, 15) is 4.79 Å². The van der Waals surface area contributed by atoms with Crippen LogP contribution in [0.2, 0.25) is 0 Å². The molecule has 0 saturated heterocycles. The highest BCUT2D eigenvalue weighted by atomic mass is 16.1. The summed E-state index contributed by atoms with van der Waals surface area (Å²) < 4.78 is 0. The molecule has 3 N–H and O–H groups in total. The fourth-order valence-electron chi connectivity index (χ4n) is 1.78. The van der Waals surface area contributed by atoms with E-state index >= 15 is 0 Å². The summed E-state index contributed by atoms with van der Waals surface area (Å²) in [5.74, 6) is -0.179. The first-order valence-electron chi connectivity index (χ1n) is 6.48. The SMILES string of the molecule is N#Cc1ccc(CNC(=O)/C=C/c2cccc(N)c2)cc1. The zero-order chi connectivity index (χ0) is 15.1. The molecule has 2 aromatic rings. The lowest BCUT2D eigenvalue weighted by molar-refractivity contribution is -0.116. The van der Waals surface area contributed by atoms with E-state index in [0.29, 0.717) is 17.8 Å². The molecule has 2 rings (SSSR count). The van der Waals surface area contributed by atoms with Crippen molar-refractivity contribution >= 4 is 17.7 Å². The largest absolute Gasteiger partial charge is 0.399 e. The molecule has 4 nitrogen and oxygen atoms in total. The zero-order valence-electron chi connectivity index (χ0n) is 11.4. The minimum atomic E-state index is -0.179. The van der Waals surface area contributed by atoms with Crippen LogP contribution in [-0.2, 0) is 11.3 Å². The highest BCUT2D eigenvalue weighted by molar-refractivity contribution is 5.91. The van der Waals surface area contributed by atoms with E-state index in [4.69, 9.17) is 11.0 Å². The van der Waals surface area contributed by atoms with Crippen molar-refractivity contribution in [1.29, 1.82) is 5.26 Å². The maximum absolute atomic E-state index is 11.7. The van der Waals surface area contributed by atoms with Crippen molar-refractivity contribution in [2.24, 2.45) is 0 Å². The molecular weight excluding hydrogens is 262 g/mol. The van der Waals surface area contributed by atoms with Gasteiger partial charge in [0.25, 0.3) is 0 Å². The van der Waals surface area contributed by atoms with Gasteiger partial charge in [-0.1, -0.05) is 24.3 Å². The predicted molar refractivity (Wildman–Crippen MR) is 82.9 cm³/mol. The first-order chi connectivity index (χ1) is 10.2. The molecule has 2 aromatic carbocycles. The number of hydrogen-bond donors (Lipinski definition) is 2. The number of nitriles is 1. The van der Waals surface area contributed by atoms with Gasteiger partial charge in [-0.3, -0.25) is 4.79 Å². The second kappa shape index (κ2) is 6.92. The van der Waals surface area contributed by atoms with Crippen LogP contribution in [-0.4, -0.2) is 5.91 Å². The Morgan fingerprint density at radius 1 is 1.24 bits per heavy atom. The van der Waals surface area contributed by atoms with Gasteiger partial charge in [-0.15, -0.1) is 0 Å². The van der Waals surface area contributed by atoms with Crippen LogP contribution >= 0.6 is 0 Å². The smallest absolute Gasteiger partial charge is 0.244 e. The molecule has 104 valence electrons. The van der Waals surface area contributed by atoms with Crippen molar-refractivity contribution in [3.05, 3.63) is 71.3 Å². The molecule has 0 unspecified atom stereocenters. The molecule has 0 aliphatic heterocycles. The van der Waals surface area contributed by atoms with Gasteiger partial charge >= 0.3 is 0 Å². The summed E-state index contributed by atoms with van der Waals surface area (Å²) in [5, 5.41) is 11.5. The van der Waals surface area contributed by atoms with Crippen molar-refractivity contribution < 1.29 is 4.79 Å². The summed E-state index contributed by atoms with van der Waals surface area (Å²) in [6.07, 6.45) is 3.18. The minimum Gasteiger partial charge on any atom is -0.399 e. The Bertz CT molecular complexity index is 697. The van der Waals surface area contributed by atoms with E-state index in [-0.39, 0.29) is 5.91 Å². The van der Waals surface area contributed by atoms with E-state index < -0.39 is 0 Å². The lowest BCUT2D eigenvalue weighted by atomic mass is 10.1. The molecule has 1 amide bonds. The molecule has 0 aromatic heterocycles. The van der Waals surface area contributed by atoms with Crippen LogP contribution in [0.3, 0.4) is 0 Å². The number of rotatable bonds is 4. The molecule has 0 atom stereocenters. The van der Waals surface area contributed by atoms with Gasteiger partial charge in [0.1, 0.15) is 0 Å². The molecule has 4 heteroatoms. The summed E-state index contributed by atoms with van der Waals surface area (Å²) in [5.41, 5.74) is 8.75. The first kappa shape index (κ1) is 14.4. The standard InChI is InChI=1S/C17H15N3O/c18-11-14-4-6-15(7-5-14)12-20-17(21)9-8-13-2-1-3-16(19)10-13/h1-10H,12,19H2,(H,20,21)/b9-8+. The quantitative estimate of drug-likeness (QED) is 0.665. The molecule has 0 fully saturated rings. The third-order valence-electron chi connectivity index (χ3n) is 2.89. The van der Waals surface area contributed by atoms with E-state index in [1.807, 2.05) is 24.3 Å². The molecule has 0 saturated carbocycles. The minimum absolute atomic E-state index is 0.179. The number of anilines is 1. The fourth-order valence-corrected chi connectivity index (χ4v) is 1.78. The number of nitrogens with two attached hydrogens (primary N) is 1. The van der Waals surface area contributed by atoms with Gasteiger partial charge < -0.3 is 11.1 Å². The molecule has 0 heterocycles. The lowest BCUT2D eigenvalue weighted by Gasteiger charge is -2.02. The van der Waals surface area contributed by atoms with E-state index in [1.54, 1.807) is 30.3 Å². The number of nitrogens with zero attached hydrogens (tertiary/aromatic N) is 1. The number of nitrogens with one attached hydrogen (secondary N) is 1. The van der Waals surface area contributed by atoms with Gasteiger partial charge in [-0.05, 0) is 41.5 Å². The highest BCUT2D eigenvalue weighted by Gasteiger charge is 1.98. The Labute approximate surface area is 123 Å². The van der Waals surface area contributed by atoms with Crippen LogP contribution in [0.15, 0.2) is 54.6 Å². The maximum atomic E-state index is 11.7. The Morgan fingerprint density at radius 2 is 2.00 bits per heavy atom. The maximum Gasteiger partial charge on any atom is 0.244 e. The number of amides is 1. The van der Waals surface area contributed by atoms with Crippen molar-refractivity contribution in [3.63, 3.8) is 0 Å². The van der Waals surface area contributed by atoms with Gasteiger partial charge in [0.2, 0.25) is 5.91 Å². The Kier molecular flexibility index (Phi) is 4.73. The summed E-state index contributed by atoms with van der Waals surface area (Å²) in [7, 11) is 0. The van der Waals surface area contributed by atoms with Crippen LogP contribution in [0.1, 0.15) is 16.7 Å². The van der Waals surface area contributed by atoms with Crippen LogP contribution in [0.5, 0.6) is 0 Å². The van der Waals surface area contributed by atoms with E-state index in [2.05, 4.69) is 11.4 Å². The molecule has 21 heavy (non-hydrogen) atoms. The molecule has 0 radical (unpaired) electrons.